The highest BCUT2D eigenvalue weighted by molar-refractivity contribution is 7.89. The molecule has 2 aromatic carbocycles. The minimum Gasteiger partial charge on any atom is -0.483 e. The summed E-state index contributed by atoms with van der Waals surface area (Å²) in [5, 5.41) is 4.90. The van der Waals surface area contributed by atoms with Gasteiger partial charge < -0.3 is 9.64 Å². The predicted octanol–water partition coefficient (Wildman–Crippen LogP) is 4.04. The number of halogens is 2. The van der Waals surface area contributed by atoms with Crippen molar-refractivity contribution in [3.63, 3.8) is 0 Å². The molecule has 2 fully saturated rings. The van der Waals surface area contributed by atoms with Crippen LogP contribution in [0.2, 0.25) is 5.02 Å². The molecule has 2 aliphatic rings. The molecule has 0 spiro atoms. The molecule has 1 aromatic heterocycles. The van der Waals surface area contributed by atoms with Gasteiger partial charge in [-0.25, -0.2) is 12.8 Å². The zero-order valence-corrected chi connectivity index (χ0v) is 22.5. The summed E-state index contributed by atoms with van der Waals surface area (Å²) in [7, 11) is -3.49. The summed E-state index contributed by atoms with van der Waals surface area (Å²) < 4.78 is 48.1. The average molecular weight is 561 g/mol. The Bertz CT molecular complexity index is 1430. The van der Waals surface area contributed by atoms with Crippen molar-refractivity contribution in [1.82, 2.24) is 14.1 Å². The highest BCUT2D eigenvalue weighted by Gasteiger charge is 2.30. The Morgan fingerprint density at radius 3 is 2.42 bits per heavy atom. The Labute approximate surface area is 226 Å². The highest BCUT2D eigenvalue weighted by Crippen LogP contribution is 2.30. The first-order valence-corrected chi connectivity index (χ1v) is 14.8. The highest BCUT2D eigenvalue weighted by atomic mass is 35.5. The third-order valence-electron chi connectivity index (χ3n) is 7.09. The van der Waals surface area contributed by atoms with Crippen LogP contribution in [-0.4, -0.2) is 60.5 Å². The van der Waals surface area contributed by atoms with Crippen molar-refractivity contribution < 1.29 is 17.5 Å². The van der Waals surface area contributed by atoms with Gasteiger partial charge in [0.05, 0.1) is 23.7 Å². The van der Waals surface area contributed by atoms with Crippen LogP contribution in [0, 0.1) is 5.82 Å². The van der Waals surface area contributed by atoms with Crippen molar-refractivity contribution >= 4 is 27.3 Å². The van der Waals surface area contributed by atoms with Gasteiger partial charge in [-0.3, -0.25) is 4.79 Å². The summed E-state index contributed by atoms with van der Waals surface area (Å²) in [5.74, 6) is -0.162. The number of hydrogen-bond acceptors (Lipinski definition) is 6. The second-order valence-corrected chi connectivity index (χ2v) is 12.2. The topological polar surface area (TPSA) is 84.7 Å². The van der Waals surface area contributed by atoms with Crippen LogP contribution in [0.15, 0.2) is 59.5 Å². The van der Waals surface area contributed by atoms with Gasteiger partial charge in [0, 0.05) is 31.2 Å². The van der Waals surface area contributed by atoms with Gasteiger partial charge in [0.25, 0.3) is 0 Å². The first-order chi connectivity index (χ1) is 18.3. The Hall–Kier alpha value is -2.95. The summed E-state index contributed by atoms with van der Waals surface area (Å²) in [4.78, 5) is 15.5. The van der Waals surface area contributed by atoms with Crippen LogP contribution in [0.5, 0.6) is 5.75 Å². The van der Waals surface area contributed by atoms with Gasteiger partial charge in [0.15, 0.2) is 0 Å². The minimum absolute atomic E-state index is 0.0372. The second kappa shape index (κ2) is 11.4. The van der Waals surface area contributed by atoms with Gasteiger partial charge in [-0.15, -0.1) is 0 Å². The molecule has 1 saturated heterocycles. The molecule has 0 bridgehead atoms. The number of ether oxygens (including phenoxy) is 1. The molecule has 0 unspecified atom stereocenters. The van der Waals surface area contributed by atoms with Crippen LogP contribution in [-0.2, 0) is 16.4 Å². The molecule has 1 aliphatic heterocycles. The van der Waals surface area contributed by atoms with E-state index in [1.165, 1.54) is 21.1 Å². The van der Waals surface area contributed by atoms with Gasteiger partial charge in [-0.05, 0) is 68.0 Å². The van der Waals surface area contributed by atoms with E-state index >= 15 is 0 Å². The number of benzene rings is 2. The number of anilines is 1. The van der Waals surface area contributed by atoms with Crippen molar-refractivity contribution in [2.24, 2.45) is 0 Å². The summed E-state index contributed by atoms with van der Waals surface area (Å²) in [5.41, 5.74) is 1.52. The maximum atomic E-state index is 13.6. The van der Waals surface area contributed by atoms with Crippen LogP contribution >= 0.6 is 11.6 Å². The third-order valence-corrected chi connectivity index (χ3v) is 9.20. The van der Waals surface area contributed by atoms with Crippen molar-refractivity contribution in [2.75, 3.05) is 36.8 Å². The minimum atomic E-state index is -3.49. The van der Waals surface area contributed by atoms with E-state index in [2.05, 4.69) is 5.10 Å². The fraction of sp³-hybridized carbons (Fsp3) is 0.407. The normalized spacial score (nSPS) is 17.2. The monoisotopic (exact) mass is 560 g/mol. The fourth-order valence-corrected chi connectivity index (χ4v) is 6.62. The van der Waals surface area contributed by atoms with Gasteiger partial charge in [-0.1, -0.05) is 29.8 Å². The lowest BCUT2D eigenvalue weighted by Gasteiger charge is -2.36. The van der Waals surface area contributed by atoms with Crippen LogP contribution in [0.1, 0.15) is 31.2 Å². The molecular weight excluding hydrogens is 531 g/mol. The molecule has 11 heteroatoms. The van der Waals surface area contributed by atoms with E-state index in [0.717, 1.165) is 31.2 Å². The number of aromatic nitrogens is 2. The van der Waals surface area contributed by atoms with E-state index in [9.17, 15) is 17.6 Å². The number of sulfonamides is 1. The van der Waals surface area contributed by atoms with E-state index < -0.39 is 10.0 Å². The van der Waals surface area contributed by atoms with E-state index in [4.69, 9.17) is 16.3 Å². The Morgan fingerprint density at radius 1 is 1.03 bits per heavy atom. The van der Waals surface area contributed by atoms with Crippen molar-refractivity contribution in [1.29, 1.82) is 0 Å². The van der Waals surface area contributed by atoms with Gasteiger partial charge >= 0.3 is 5.56 Å². The lowest BCUT2D eigenvalue weighted by atomic mass is 10.2. The fourth-order valence-electron chi connectivity index (χ4n) is 4.96. The number of rotatable bonds is 8. The smallest absolute Gasteiger partial charge is 0.316 e. The van der Waals surface area contributed by atoms with Gasteiger partial charge in [-0.2, -0.15) is 14.1 Å². The number of nitrogens with zero attached hydrogens (tertiary/aromatic N) is 4. The quantitative estimate of drug-likeness (QED) is 0.413. The molecule has 202 valence electrons. The van der Waals surface area contributed by atoms with Crippen LogP contribution < -0.4 is 15.2 Å². The number of piperazine rings is 1. The van der Waals surface area contributed by atoms with E-state index in [0.29, 0.717) is 35.9 Å². The van der Waals surface area contributed by atoms with Crippen molar-refractivity contribution in [2.45, 2.75) is 38.2 Å². The maximum Gasteiger partial charge on any atom is 0.316 e. The maximum absolute atomic E-state index is 13.6. The van der Waals surface area contributed by atoms with Crippen molar-refractivity contribution in [3.05, 3.63) is 81.5 Å². The average Bonchev–Trinajstić information content (AvgIpc) is 3.43. The lowest BCUT2D eigenvalue weighted by molar-refractivity contribution is 0.205. The number of hydrogen-bond donors (Lipinski definition) is 0. The Morgan fingerprint density at radius 2 is 1.74 bits per heavy atom. The summed E-state index contributed by atoms with van der Waals surface area (Å²) in [6, 6.07) is 12.8. The zero-order valence-electron chi connectivity index (χ0n) is 20.9. The molecule has 0 N–H and O–H groups in total. The van der Waals surface area contributed by atoms with Crippen LogP contribution in [0.25, 0.3) is 5.69 Å². The standard InChI is InChI=1S/C27H30ClFN4O4S/c28-21-4-3-5-23(18-21)33-27(34)26(37-24-6-1-2-7-24)25(19-30-33)31-13-15-32(16-14-31)38(35,36)17-12-20-8-10-22(29)11-9-20/h3-5,8-11,18-19,24H,1-2,6-7,12-17H2. The van der Waals surface area contributed by atoms with E-state index in [1.54, 1.807) is 42.6 Å². The molecule has 1 saturated carbocycles. The summed E-state index contributed by atoms with van der Waals surface area (Å²) in [6.45, 7) is 1.37. The molecule has 8 nitrogen and oxygen atoms in total. The summed E-state index contributed by atoms with van der Waals surface area (Å²) in [6.07, 6.45) is 5.78. The SMILES string of the molecule is O=c1c(OC2CCCC2)c(N2CCN(S(=O)(=O)CCc3ccc(F)cc3)CC2)cnn1-c1cccc(Cl)c1. The lowest BCUT2D eigenvalue weighted by Crippen LogP contribution is -2.50. The Balaban J connectivity index is 1.33. The van der Waals surface area contributed by atoms with Crippen LogP contribution in [0.3, 0.4) is 0 Å². The molecule has 0 atom stereocenters. The predicted molar refractivity (Wildman–Crippen MR) is 145 cm³/mol. The zero-order chi connectivity index (χ0) is 26.7. The molecular formula is C27H30ClFN4O4S. The van der Waals surface area contributed by atoms with E-state index in [-0.39, 0.29) is 42.1 Å². The second-order valence-electron chi connectivity index (χ2n) is 9.66. The molecule has 38 heavy (non-hydrogen) atoms. The first-order valence-electron chi connectivity index (χ1n) is 12.8. The molecule has 1 aliphatic carbocycles. The molecule has 0 amide bonds. The largest absolute Gasteiger partial charge is 0.483 e. The molecule has 2 heterocycles. The Kier molecular flexibility index (Phi) is 8.01. The van der Waals surface area contributed by atoms with Gasteiger partial charge in [0.2, 0.25) is 15.8 Å². The third kappa shape index (κ3) is 6.03. The number of aryl methyl sites for hydroxylation is 1. The van der Waals surface area contributed by atoms with Crippen molar-refractivity contribution in [3.8, 4) is 11.4 Å². The molecule has 3 aromatic rings. The van der Waals surface area contributed by atoms with Gasteiger partial charge in [0.1, 0.15) is 11.5 Å². The first kappa shape index (κ1) is 26.6. The van der Waals surface area contributed by atoms with E-state index in [1.807, 2.05) is 4.90 Å². The summed E-state index contributed by atoms with van der Waals surface area (Å²) >= 11 is 6.14. The molecule has 0 radical (unpaired) electrons. The molecule has 5 rings (SSSR count). The van der Waals surface area contributed by atoms with Crippen LogP contribution in [0.4, 0.5) is 10.1 Å².